The Kier molecular flexibility index (Phi) is 4.61. The number of nitrogens with zero attached hydrogens (tertiary/aromatic N) is 7. The molecule has 2 aromatic rings. The fourth-order valence-corrected chi connectivity index (χ4v) is 2.08. The third-order valence-electron chi connectivity index (χ3n) is 3.24. The average Bonchev–Trinajstić information content (AvgIpc) is 2.87. The summed E-state index contributed by atoms with van der Waals surface area (Å²) in [5.41, 5.74) is -0.844. The Balaban J connectivity index is 2.82. The summed E-state index contributed by atoms with van der Waals surface area (Å²) in [4.78, 5) is 28.6. The lowest BCUT2D eigenvalue weighted by atomic mass is 10.3. The molecular weight excluding hydrogens is 306 g/mol. The van der Waals surface area contributed by atoms with Gasteiger partial charge < -0.3 is 10.2 Å². The molecule has 11 heteroatoms. The minimum absolute atomic E-state index is 0.0551. The van der Waals surface area contributed by atoms with E-state index in [0.717, 1.165) is 4.57 Å². The first-order chi connectivity index (χ1) is 10.8. The highest BCUT2D eigenvalue weighted by Gasteiger charge is 2.20. The quantitative estimate of drug-likeness (QED) is 0.500. The highest BCUT2D eigenvalue weighted by atomic mass is 16.3. The molecule has 0 bridgehead atoms. The first-order valence-corrected chi connectivity index (χ1v) is 6.82. The van der Waals surface area contributed by atoms with E-state index in [9.17, 15) is 14.7 Å². The molecule has 1 atom stereocenters. The van der Waals surface area contributed by atoms with E-state index in [1.165, 1.54) is 28.2 Å². The zero-order chi connectivity index (χ0) is 17.3. The summed E-state index contributed by atoms with van der Waals surface area (Å²) in [6.07, 6.45) is -1.11. The van der Waals surface area contributed by atoms with Gasteiger partial charge in [0.05, 0.1) is 19.3 Å². The van der Waals surface area contributed by atoms with Crippen LogP contribution in [0.3, 0.4) is 0 Å². The zero-order valence-electron chi connectivity index (χ0n) is 13.3. The lowest BCUT2D eigenvalue weighted by Gasteiger charge is -2.11. The van der Waals surface area contributed by atoms with Crippen molar-refractivity contribution in [3.05, 3.63) is 20.8 Å². The Morgan fingerprint density at radius 2 is 1.91 bits per heavy atom. The smallest absolute Gasteiger partial charge is 0.332 e. The van der Waals surface area contributed by atoms with E-state index < -0.39 is 24.0 Å². The summed E-state index contributed by atoms with van der Waals surface area (Å²) in [5, 5.41) is 27.9. The van der Waals surface area contributed by atoms with Crippen LogP contribution in [-0.4, -0.2) is 60.7 Å². The fourth-order valence-electron chi connectivity index (χ4n) is 2.08. The summed E-state index contributed by atoms with van der Waals surface area (Å²) in [6, 6.07) is 0. The van der Waals surface area contributed by atoms with Crippen molar-refractivity contribution in [2.75, 3.05) is 20.7 Å². The van der Waals surface area contributed by atoms with Crippen LogP contribution in [0.15, 0.2) is 19.9 Å². The van der Waals surface area contributed by atoms with Gasteiger partial charge in [0.25, 0.3) is 11.5 Å². The minimum Gasteiger partial charge on any atom is -0.394 e. The molecule has 0 aliphatic carbocycles. The Morgan fingerprint density at radius 3 is 2.48 bits per heavy atom. The van der Waals surface area contributed by atoms with E-state index in [4.69, 9.17) is 5.11 Å². The van der Waals surface area contributed by atoms with E-state index in [2.05, 4.69) is 15.3 Å². The Labute approximate surface area is 130 Å². The molecule has 126 valence electrons. The molecule has 2 N–H and O–H groups in total. The Morgan fingerprint density at radius 1 is 1.26 bits per heavy atom. The van der Waals surface area contributed by atoms with E-state index in [-0.39, 0.29) is 23.7 Å². The number of aryl methyl sites for hydroxylation is 1. The van der Waals surface area contributed by atoms with Crippen LogP contribution in [-0.2, 0) is 20.6 Å². The molecule has 1 unspecified atom stereocenters. The van der Waals surface area contributed by atoms with Crippen molar-refractivity contribution >= 4 is 17.1 Å². The molecule has 11 nitrogen and oxygen atoms in total. The molecule has 2 rings (SSSR count). The van der Waals surface area contributed by atoms with Gasteiger partial charge in [-0.3, -0.25) is 23.5 Å². The minimum atomic E-state index is -1.11. The van der Waals surface area contributed by atoms with Gasteiger partial charge in [-0.25, -0.2) is 4.79 Å². The summed E-state index contributed by atoms with van der Waals surface area (Å²) < 4.78 is 3.50. The van der Waals surface area contributed by atoms with Crippen LogP contribution in [0.2, 0.25) is 0 Å². The maximum Gasteiger partial charge on any atom is 0.332 e. The van der Waals surface area contributed by atoms with Gasteiger partial charge in [-0.05, 0) is 0 Å². The number of fused-ring (bicyclic) bond motifs is 1. The molecule has 0 spiro atoms. The van der Waals surface area contributed by atoms with Crippen molar-refractivity contribution in [1.29, 1.82) is 0 Å². The Bertz CT molecular complexity index is 861. The van der Waals surface area contributed by atoms with Crippen molar-refractivity contribution in [1.82, 2.24) is 23.7 Å². The van der Waals surface area contributed by atoms with Crippen LogP contribution < -0.4 is 11.2 Å². The van der Waals surface area contributed by atoms with Gasteiger partial charge in [0, 0.05) is 28.2 Å². The first-order valence-electron chi connectivity index (χ1n) is 6.82. The van der Waals surface area contributed by atoms with Crippen molar-refractivity contribution in [2.24, 2.45) is 24.4 Å². The maximum atomic E-state index is 12.4. The topological polar surface area (TPSA) is 130 Å². The van der Waals surface area contributed by atoms with Gasteiger partial charge >= 0.3 is 5.69 Å². The van der Waals surface area contributed by atoms with Gasteiger partial charge in [-0.2, -0.15) is 4.98 Å². The number of aromatic nitrogens is 4. The predicted molar refractivity (Wildman–Crippen MR) is 81.5 cm³/mol. The fraction of sp³-hybridized carbons (Fsp3) is 0.583. The van der Waals surface area contributed by atoms with Crippen molar-refractivity contribution in [3.8, 4) is 0 Å². The summed E-state index contributed by atoms with van der Waals surface area (Å²) in [5.74, 6) is 0.0551. The van der Waals surface area contributed by atoms with Gasteiger partial charge in [0.15, 0.2) is 11.2 Å². The van der Waals surface area contributed by atoms with Crippen LogP contribution in [0.1, 0.15) is 0 Å². The van der Waals surface area contributed by atoms with Crippen LogP contribution in [0, 0.1) is 0 Å². The average molecular weight is 325 g/mol. The van der Waals surface area contributed by atoms with E-state index in [0.29, 0.717) is 0 Å². The molecular formula is C12H19N7O4. The molecule has 23 heavy (non-hydrogen) atoms. The van der Waals surface area contributed by atoms with Gasteiger partial charge in [0.1, 0.15) is 0 Å². The molecule has 0 fully saturated rings. The summed E-state index contributed by atoms with van der Waals surface area (Å²) in [7, 11) is 6.16. The highest BCUT2D eigenvalue weighted by molar-refractivity contribution is 5.73. The summed E-state index contributed by atoms with van der Waals surface area (Å²) >= 11 is 0. The SMILES string of the molecule is CN(C)/N=N/c1nc2c(c(=O)n(C)c(=O)n2C)n1CC(O)CO. The third-order valence-corrected chi connectivity index (χ3v) is 3.24. The monoisotopic (exact) mass is 325 g/mol. The third kappa shape index (κ3) is 3.00. The molecule has 0 saturated carbocycles. The van der Waals surface area contributed by atoms with Crippen LogP contribution in [0.25, 0.3) is 11.2 Å². The molecule has 0 aliphatic heterocycles. The predicted octanol–water partition coefficient (Wildman–Crippen LogP) is -1.65. The summed E-state index contributed by atoms with van der Waals surface area (Å²) in [6.45, 7) is -0.599. The zero-order valence-corrected chi connectivity index (χ0v) is 13.3. The number of aliphatic hydroxyl groups excluding tert-OH is 2. The van der Waals surface area contributed by atoms with Crippen molar-refractivity contribution in [3.63, 3.8) is 0 Å². The molecule has 0 radical (unpaired) electrons. The van der Waals surface area contributed by atoms with Gasteiger partial charge in [-0.15, -0.1) is 0 Å². The second kappa shape index (κ2) is 6.30. The highest BCUT2D eigenvalue weighted by Crippen LogP contribution is 2.19. The number of aliphatic hydroxyl groups is 2. The lowest BCUT2D eigenvalue weighted by molar-refractivity contribution is 0.0823. The molecule has 2 aromatic heterocycles. The van der Waals surface area contributed by atoms with Crippen LogP contribution in [0.4, 0.5) is 5.95 Å². The van der Waals surface area contributed by atoms with Gasteiger partial charge in [-0.1, -0.05) is 10.3 Å². The second-order valence-electron chi connectivity index (χ2n) is 5.27. The van der Waals surface area contributed by atoms with Crippen LogP contribution in [0.5, 0.6) is 0 Å². The molecule has 2 heterocycles. The van der Waals surface area contributed by atoms with E-state index in [1.54, 1.807) is 14.1 Å². The van der Waals surface area contributed by atoms with E-state index >= 15 is 0 Å². The second-order valence-corrected chi connectivity index (χ2v) is 5.27. The Hall–Kier alpha value is -2.53. The van der Waals surface area contributed by atoms with Crippen LogP contribution >= 0.6 is 0 Å². The number of imidazole rings is 1. The largest absolute Gasteiger partial charge is 0.394 e. The lowest BCUT2D eigenvalue weighted by Crippen LogP contribution is -2.38. The number of hydrogen-bond donors (Lipinski definition) is 2. The number of hydrogen-bond acceptors (Lipinski definition) is 7. The number of rotatable bonds is 5. The normalized spacial score (nSPS) is 13.1. The molecule has 0 amide bonds. The first kappa shape index (κ1) is 16.8. The maximum absolute atomic E-state index is 12.4. The van der Waals surface area contributed by atoms with E-state index in [1.807, 2.05) is 0 Å². The van der Waals surface area contributed by atoms with Gasteiger partial charge in [0.2, 0.25) is 0 Å². The van der Waals surface area contributed by atoms with Crippen molar-refractivity contribution in [2.45, 2.75) is 12.6 Å². The standard InChI is InChI=1S/C12H19N7O4/c1-16(2)15-14-11-13-9-8(19(11)5-7(21)6-20)10(22)18(4)12(23)17(9)3/h7,20-21H,5-6H2,1-4H3/b15-14+. The molecule has 0 aromatic carbocycles. The van der Waals surface area contributed by atoms with Crippen molar-refractivity contribution < 1.29 is 10.2 Å². The molecule has 0 aliphatic rings. The molecule has 0 saturated heterocycles.